The molecule has 0 aliphatic heterocycles. The van der Waals surface area contributed by atoms with Gasteiger partial charge in [-0.1, -0.05) is 62.7 Å². The minimum absolute atomic E-state index is 0.0261. The lowest BCUT2D eigenvalue weighted by molar-refractivity contribution is 0.625. The number of nitrogens with zero attached hydrogens (tertiary/aromatic N) is 3. The van der Waals surface area contributed by atoms with Crippen LogP contribution >= 0.6 is 15.9 Å². The van der Waals surface area contributed by atoms with Crippen LogP contribution in [0.25, 0.3) is 11.1 Å². The monoisotopic (exact) mass is 449 g/mol. The zero-order valence-electron chi connectivity index (χ0n) is 16.8. The molecule has 3 rings (SSSR count). The Morgan fingerprint density at radius 2 is 1.83 bits per heavy atom. The van der Waals surface area contributed by atoms with Crippen molar-refractivity contribution in [3.63, 3.8) is 0 Å². The summed E-state index contributed by atoms with van der Waals surface area (Å²) in [6.07, 6.45) is 3.57. The van der Waals surface area contributed by atoms with Crippen LogP contribution in [0.15, 0.2) is 57.8 Å². The van der Waals surface area contributed by atoms with E-state index in [0.717, 1.165) is 53.9 Å². The van der Waals surface area contributed by atoms with Crippen molar-refractivity contribution in [2.45, 2.75) is 46.1 Å². The Bertz CT molecular complexity index is 1090. The average Bonchev–Trinajstić information content (AvgIpc) is 2.77. The standard InChI is InChI=1S/C24H24BrN3O/c1-3-5-10-22-27-21(4-2)23(25)24(29)28(22)16-17-11-13-18(14-12-17)20-9-7-6-8-19(20)15-26/h6-9,11-14H,3-5,10,16H2,1-2H3. The number of rotatable bonds is 7. The number of aryl methyl sites for hydroxylation is 2. The molecule has 0 spiro atoms. The summed E-state index contributed by atoms with van der Waals surface area (Å²) < 4.78 is 2.33. The van der Waals surface area contributed by atoms with Crippen LogP contribution in [0.1, 0.15) is 49.3 Å². The summed E-state index contributed by atoms with van der Waals surface area (Å²) >= 11 is 3.44. The van der Waals surface area contributed by atoms with Crippen molar-refractivity contribution in [3.8, 4) is 17.2 Å². The number of unbranched alkanes of at least 4 members (excludes halogenated alkanes) is 1. The fourth-order valence-electron chi connectivity index (χ4n) is 3.35. The second-order valence-electron chi connectivity index (χ2n) is 6.99. The normalized spacial score (nSPS) is 10.7. The van der Waals surface area contributed by atoms with Gasteiger partial charge in [0.05, 0.1) is 23.9 Å². The zero-order chi connectivity index (χ0) is 20.8. The molecule has 0 fully saturated rings. The summed E-state index contributed by atoms with van der Waals surface area (Å²) in [6.45, 7) is 4.63. The lowest BCUT2D eigenvalue weighted by Crippen LogP contribution is -2.28. The summed E-state index contributed by atoms with van der Waals surface area (Å²) in [7, 11) is 0. The number of hydrogen-bond acceptors (Lipinski definition) is 3. The van der Waals surface area contributed by atoms with Crippen molar-refractivity contribution in [1.29, 1.82) is 5.26 Å². The molecular formula is C24H24BrN3O. The van der Waals surface area contributed by atoms with Crippen LogP contribution in [0.5, 0.6) is 0 Å². The largest absolute Gasteiger partial charge is 0.291 e. The minimum Gasteiger partial charge on any atom is -0.291 e. The van der Waals surface area contributed by atoms with Crippen LogP contribution < -0.4 is 5.56 Å². The summed E-state index contributed by atoms with van der Waals surface area (Å²) in [5.74, 6) is 0.843. The van der Waals surface area contributed by atoms with E-state index in [0.29, 0.717) is 16.6 Å². The van der Waals surface area contributed by atoms with Crippen LogP contribution in [0.4, 0.5) is 0 Å². The molecule has 0 radical (unpaired) electrons. The van der Waals surface area contributed by atoms with Gasteiger partial charge in [0.15, 0.2) is 0 Å². The molecular weight excluding hydrogens is 426 g/mol. The quantitative estimate of drug-likeness (QED) is 0.478. The molecule has 29 heavy (non-hydrogen) atoms. The van der Waals surface area contributed by atoms with Crippen LogP contribution in [-0.4, -0.2) is 9.55 Å². The van der Waals surface area contributed by atoms with Gasteiger partial charge in [-0.15, -0.1) is 0 Å². The third kappa shape index (κ3) is 4.65. The molecule has 0 amide bonds. The van der Waals surface area contributed by atoms with Gasteiger partial charge >= 0.3 is 0 Å². The number of nitriles is 1. The van der Waals surface area contributed by atoms with Gasteiger partial charge in [-0.25, -0.2) is 4.98 Å². The van der Waals surface area contributed by atoms with E-state index in [-0.39, 0.29) is 5.56 Å². The first-order valence-corrected chi connectivity index (χ1v) is 10.7. The molecule has 3 aromatic rings. The van der Waals surface area contributed by atoms with E-state index in [1.54, 1.807) is 4.57 Å². The first kappa shape index (κ1) is 21.0. The second-order valence-corrected chi connectivity index (χ2v) is 7.78. The number of aromatic nitrogens is 2. The van der Waals surface area contributed by atoms with Crippen molar-refractivity contribution in [1.82, 2.24) is 9.55 Å². The highest BCUT2D eigenvalue weighted by Crippen LogP contribution is 2.24. The van der Waals surface area contributed by atoms with Crippen molar-refractivity contribution in [2.75, 3.05) is 0 Å². The number of benzene rings is 2. The highest BCUT2D eigenvalue weighted by atomic mass is 79.9. The zero-order valence-corrected chi connectivity index (χ0v) is 18.4. The highest BCUT2D eigenvalue weighted by Gasteiger charge is 2.14. The van der Waals surface area contributed by atoms with Gasteiger partial charge in [-0.05, 0) is 51.5 Å². The maximum Gasteiger partial charge on any atom is 0.268 e. The Labute approximate surface area is 180 Å². The molecule has 0 atom stereocenters. The van der Waals surface area contributed by atoms with Crippen molar-refractivity contribution < 1.29 is 0 Å². The smallest absolute Gasteiger partial charge is 0.268 e. The maximum atomic E-state index is 12.9. The lowest BCUT2D eigenvalue weighted by atomic mass is 9.99. The SMILES string of the molecule is CCCCc1nc(CC)c(Br)c(=O)n1Cc1ccc(-c2ccccc2C#N)cc1. The second kappa shape index (κ2) is 9.67. The molecule has 0 N–H and O–H groups in total. The Morgan fingerprint density at radius 1 is 1.10 bits per heavy atom. The fraction of sp³-hybridized carbons (Fsp3) is 0.292. The van der Waals surface area contributed by atoms with E-state index in [9.17, 15) is 10.1 Å². The average molecular weight is 450 g/mol. The Hall–Kier alpha value is -2.71. The van der Waals surface area contributed by atoms with Crippen LogP contribution in [0.2, 0.25) is 0 Å². The van der Waals surface area contributed by atoms with Crippen LogP contribution in [0, 0.1) is 11.3 Å². The molecule has 5 heteroatoms. The summed E-state index contributed by atoms with van der Waals surface area (Å²) in [5, 5.41) is 9.33. The van der Waals surface area contributed by atoms with E-state index >= 15 is 0 Å². The Balaban J connectivity index is 1.95. The fourth-order valence-corrected chi connectivity index (χ4v) is 3.94. The Kier molecular flexibility index (Phi) is 7.00. The predicted octanol–water partition coefficient (Wildman–Crippen LogP) is 5.50. The molecule has 148 valence electrons. The van der Waals surface area contributed by atoms with E-state index in [2.05, 4.69) is 28.9 Å². The molecule has 1 aromatic heterocycles. The number of hydrogen-bond donors (Lipinski definition) is 0. The van der Waals surface area contributed by atoms with Gasteiger partial charge in [-0.3, -0.25) is 9.36 Å². The molecule has 0 unspecified atom stereocenters. The van der Waals surface area contributed by atoms with Gasteiger partial charge in [0.25, 0.3) is 5.56 Å². The summed E-state index contributed by atoms with van der Waals surface area (Å²) in [5.41, 5.74) is 4.38. The third-order valence-corrected chi connectivity index (χ3v) is 5.80. The van der Waals surface area contributed by atoms with Crippen molar-refractivity contribution in [3.05, 3.63) is 86.0 Å². The van der Waals surface area contributed by atoms with Crippen LogP contribution in [-0.2, 0) is 19.4 Å². The molecule has 1 heterocycles. The molecule has 2 aromatic carbocycles. The maximum absolute atomic E-state index is 12.9. The minimum atomic E-state index is -0.0261. The van der Waals surface area contributed by atoms with Gasteiger partial charge in [0.1, 0.15) is 10.3 Å². The lowest BCUT2D eigenvalue weighted by Gasteiger charge is -2.15. The summed E-state index contributed by atoms with van der Waals surface area (Å²) in [6, 6.07) is 17.9. The van der Waals surface area contributed by atoms with E-state index in [1.165, 1.54) is 0 Å². The van der Waals surface area contributed by atoms with E-state index < -0.39 is 0 Å². The topological polar surface area (TPSA) is 58.7 Å². The Morgan fingerprint density at radius 3 is 2.48 bits per heavy atom. The van der Waals surface area contributed by atoms with E-state index in [1.807, 2.05) is 55.5 Å². The van der Waals surface area contributed by atoms with Crippen molar-refractivity contribution >= 4 is 15.9 Å². The molecule has 0 saturated carbocycles. The van der Waals surface area contributed by atoms with Gasteiger partial charge in [0, 0.05) is 6.42 Å². The van der Waals surface area contributed by atoms with Gasteiger partial charge in [0.2, 0.25) is 0 Å². The van der Waals surface area contributed by atoms with Gasteiger partial charge < -0.3 is 0 Å². The van der Waals surface area contributed by atoms with Crippen molar-refractivity contribution in [2.24, 2.45) is 0 Å². The molecule has 0 saturated heterocycles. The summed E-state index contributed by atoms with van der Waals surface area (Å²) in [4.78, 5) is 17.7. The van der Waals surface area contributed by atoms with Crippen LogP contribution in [0.3, 0.4) is 0 Å². The molecule has 0 bridgehead atoms. The first-order valence-electron chi connectivity index (χ1n) is 9.95. The molecule has 0 aliphatic rings. The predicted molar refractivity (Wildman–Crippen MR) is 120 cm³/mol. The molecule has 0 aliphatic carbocycles. The molecule has 4 nitrogen and oxygen atoms in total. The first-order chi connectivity index (χ1) is 14.1. The number of halogens is 1. The third-order valence-electron chi connectivity index (χ3n) is 5.00. The van der Waals surface area contributed by atoms with E-state index in [4.69, 9.17) is 4.98 Å². The highest BCUT2D eigenvalue weighted by molar-refractivity contribution is 9.10. The van der Waals surface area contributed by atoms with Gasteiger partial charge in [-0.2, -0.15) is 5.26 Å².